The monoisotopic (exact) mass is 306 g/mol. The Hall–Kier alpha value is 2.20. The van der Waals surface area contributed by atoms with Crippen LogP contribution in [0.4, 0.5) is 0 Å². The Morgan fingerprint density at radius 2 is 2.11 bits per heavy atom. The minimum atomic E-state index is -1.02. The third-order valence-electron chi connectivity index (χ3n) is 0.936. The zero-order valence-corrected chi connectivity index (χ0v) is 11.7. The van der Waals surface area contributed by atoms with E-state index in [2.05, 4.69) is 39.5 Å². The van der Waals surface area contributed by atoms with E-state index in [1.807, 2.05) is 0 Å². The van der Waals surface area contributed by atoms with Gasteiger partial charge in [0.15, 0.2) is 0 Å². The zero-order valence-electron chi connectivity index (χ0n) is 5.08. The Morgan fingerprint density at radius 1 is 1.44 bits per heavy atom. The molecule has 5 heteroatoms. The summed E-state index contributed by atoms with van der Waals surface area (Å²) in [4.78, 5) is 0. The molecule has 0 aliphatic carbocycles. The predicted molar refractivity (Wildman–Crippen MR) is 58.4 cm³/mol. The molecule has 0 unspecified atom stereocenters. The molecule has 1 aliphatic heterocycles. The number of rotatable bonds is 3. The Bertz CT molecular complexity index is 73.0. The summed E-state index contributed by atoms with van der Waals surface area (Å²) in [6, 6.07) is 0. The van der Waals surface area contributed by atoms with Crippen molar-refractivity contribution in [3.63, 3.8) is 0 Å². The van der Waals surface area contributed by atoms with Crippen LogP contribution in [0.5, 0.6) is 0 Å². The second-order valence-corrected chi connectivity index (χ2v) is 30.0. The van der Waals surface area contributed by atoms with Crippen LogP contribution >= 0.6 is 39.5 Å². The van der Waals surface area contributed by atoms with Crippen molar-refractivity contribution in [3.8, 4) is 0 Å². The average Bonchev–Trinajstić information content (AvgIpc) is 2.34. The molecule has 0 bridgehead atoms. The molecular formula is C4H10S4Sn. The Balaban J connectivity index is 1.98. The van der Waals surface area contributed by atoms with E-state index >= 15 is 0 Å². The molecule has 0 aromatic rings. The van der Waals surface area contributed by atoms with E-state index in [1.165, 1.54) is 17.3 Å². The van der Waals surface area contributed by atoms with Gasteiger partial charge in [0, 0.05) is 0 Å². The third kappa shape index (κ3) is 3.94. The number of hydrogen-bond donors (Lipinski definition) is 1. The molecule has 0 aromatic carbocycles. The Morgan fingerprint density at radius 3 is 2.67 bits per heavy atom. The van der Waals surface area contributed by atoms with Crippen LogP contribution in [0.25, 0.3) is 0 Å². The molecule has 0 N–H and O–H groups in total. The fourth-order valence-electron chi connectivity index (χ4n) is 0.582. The van der Waals surface area contributed by atoms with Gasteiger partial charge in [-0.25, -0.2) is 0 Å². The molecule has 0 spiro atoms. The summed E-state index contributed by atoms with van der Waals surface area (Å²) in [5.74, 6) is 5.24. The van der Waals surface area contributed by atoms with Gasteiger partial charge in [-0.3, -0.25) is 0 Å². The van der Waals surface area contributed by atoms with Crippen molar-refractivity contribution in [2.45, 2.75) is 0 Å². The van der Waals surface area contributed by atoms with Gasteiger partial charge in [-0.1, -0.05) is 0 Å². The van der Waals surface area contributed by atoms with Gasteiger partial charge in [-0.15, -0.1) is 0 Å². The molecule has 1 heterocycles. The van der Waals surface area contributed by atoms with Crippen molar-refractivity contribution < 1.29 is 0 Å². The van der Waals surface area contributed by atoms with Crippen LogP contribution in [0, 0.1) is 0 Å². The van der Waals surface area contributed by atoms with Gasteiger partial charge in [0.1, 0.15) is 0 Å². The average molecular weight is 305 g/mol. The van der Waals surface area contributed by atoms with Crippen LogP contribution in [0.1, 0.15) is 0 Å². The predicted octanol–water partition coefficient (Wildman–Crippen LogP) is 1.85. The molecule has 1 aliphatic rings. The second kappa shape index (κ2) is 5.80. The van der Waals surface area contributed by atoms with Gasteiger partial charge in [0.25, 0.3) is 0 Å². The normalized spacial score (nSPS) is 21.0. The van der Waals surface area contributed by atoms with Gasteiger partial charge in [0.2, 0.25) is 0 Å². The molecule has 0 nitrogen and oxygen atoms in total. The maximum atomic E-state index is 4.19. The van der Waals surface area contributed by atoms with E-state index in [0.29, 0.717) is 0 Å². The second-order valence-electron chi connectivity index (χ2n) is 1.62. The van der Waals surface area contributed by atoms with Crippen molar-refractivity contribution in [1.82, 2.24) is 0 Å². The summed E-state index contributed by atoms with van der Waals surface area (Å²) in [6.07, 6.45) is 0. The molecular weight excluding hydrogens is 295 g/mol. The van der Waals surface area contributed by atoms with Crippen molar-refractivity contribution in [3.05, 3.63) is 0 Å². The maximum absolute atomic E-state index is 4.19. The summed E-state index contributed by atoms with van der Waals surface area (Å²) < 4.78 is 0. The molecule has 0 atom stereocenters. The molecule has 0 saturated carbocycles. The number of thiol groups is 1. The van der Waals surface area contributed by atoms with Gasteiger partial charge in [-0.2, -0.15) is 0 Å². The van der Waals surface area contributed by atoms with Crippen LogP contribution in [0.3, 0.4) is 0 Å². The molecule has 1 fully saturated rings. The van der Waals surface area contributed by atoms with E-state index in [9.17, 15) is 0 Å². The summed E-state index contributed by atoms with van der Waals surface area (Å²) in [7, 11) is 6.81. The minimum absolute atomic E-state index is 1.02. The molecule has 0 aromatic heterocycles. The molecule has 54 valence electrons. The van der Waals surface area contributed by atoms with Gasteiger partial charge < -0.3 is 0 Å². The molecule has 1 saturated heterocycles. The first kappa shape index (κ1) is 9.29. The van der Waals surface area contributed by atoms with E-state index in [1.54, 1.807) is 0 Å². The van der Waals surface area contributed by atoms with E-state index in [0.717, 1.165) is 5.75 Å². The van der Waals surface area contributed by atoms with Crippen LogP contribution in [0.15, 0.2) is 0 Å². The third-order valence-corrected chi connectivity index (χ3v) is 33.3. The first-order valence-corrected chi connectivity index (χ1v) is 18.8. The number of hydrogen-bond acceptors (Lipinski definition) is 4. The summed E-state index contributed by atoms with van der Waals surface area (Å²) in [6.45, 7) is 0. The molecule has 0 amide bonds. The SMILES string of the molecule is SCC[S][SnH]1[S]CC[S]1. The first-order valence-electron chi connectivity index (χ1n) is 2.89. The van der Waals surface area contributed by atoms with Crippen molar-refractivity contribution in [1.29, 1.82) is 0 Å². The summed E-state index contributed by atoms with van der Waals surface area (Å²) in [5, 5.41) is 0. The van der Waals surface area contributed by atoms with Crippen molar-refractivity contribution in [2.75, 3.05) is 23.0 Å². The Kier molecular flexibility index (Phi) is 5.98. The van der Waals surface area contributed by atoms with Crippen molar-refractivity contribution >= 4 is 55.1 Å². The van der Waals surface area contributed by atoms with E-state index in [-0.39, 0.29) is 0 Å². The molecule has 1 rings (SSSR count). The topological polar surface area (TPSA) is 0 Å². The van der Waals surface area contributed by atoms with Gasteiger partial charge in [0.05, 0.1) is 0 Å². The fraction of sp³-hybridized carbons (Fsp3) is 1.00. The molecule has 0 radical (unpaired) electrons. The quantitative estimate of drug-likeness (QED) is 0.625. The van der Waals surface area contributed by atoms with E-state index < -0.39 is 15.6 Å². The van der Waals surface area contributed by atoms with Crippen molar-refractivity contribution in [2.24, 2.45) is 0 Å². The van der Waals surface area contributed by atoms with Crippen LogP contribution in [-0.2, 0) is 0 Å². The van der Waals surface area contributed by atoms with Crippen LogP contribution < -0.4 is 0 Å². The van der Waals surface area contributed by atoms with E-state index in [4.69, 9.17) is 0 Å². The zero-order chi connectivity index (χ0) is 6.53. The van der Waals surface area contributed by atoms with Crippen LogP contribution in [0.2, 0.25) is 0 Å². The molecule has 9 heavy (non-hydrogen) atoms. The fourth-order valence-corrected chi connectivity index (χ4v) is 35.1. The summed E-state index contributed by atoms with van der Waals surface area (Å²) in [5.41, 5.74) is 0. The van der Waals surface area contributed by atoms with Crippen LogP contribution in [-0.4, -0.2) is 38.6 Å². The summed E-state index contributed by atoms with van der Waals surface area (Å²) >= 11 is 3.17. The standard InChI is InChI=1S/2C2H6S2.Sn.H/c2*3-1-2-4;;/h2*3-4H,1-2H2;;/q;;+3;/p-3. The van der Waals surface area contributed by atoms with Gasteiger partial charge in [-0.05, 0) is 0 Å². The first-order chi connectivity index (χ1) is 4.43. The van der Waals surface area contributed by atoms with Gasteiger partial charge >= 0.3 is 78.1 Å². The Labute approximate surface area is 77.2 Å².